The van der Waals surface area contributed by atoms with Crippen molar-refractivity contribution in [1.82, 2.24) is 19.5 Å². The van der Waals surface area contributed by atoms with E-state index < -0.39 is 32.6 Å². The van der Waals surface area contributed by atoms with Gasteiger partial charge in [0.05, 0.1) is 46.3 Å². The smallest absolute Gasteiger partial charge is 0.259 e. The molecule has 1 aromatic heterocycles. The van der Waals surface area contributed by atoms with Crippen molar-refractivity contribution in [3.05, 3.63) is 108 Å². The second-order valence-corrected chi connectivity index (χ2v) is 17.3. The van der Waals surface area contributed by atoms with Gasteiger partial charge >= 0.3 is 0 Å². The summed E-state index contributed by atoms with van der Waals surface area (Å²) in [5.74, 6) is 1.33. The Bertz CT molecular complexity index is 2000. The number of ketones is 1. The topological polar surface area (TPSA) is 135 Å². The molecule has 0 radical (unpaired) electrons. The number of imidazole rings is 1. The number of amides is 1. The molecule has 6 rings (SSSR count). The molecule has 3 aromatic carbocycles. The van der Waals surface area contributed by atoms with Gasteiger partial charge in [-0.2, -0.15) is 0 Å². The molecular formula is C46H60N5O8P. The van der Waals surface area contributed by atoms with E-state index in [4.69, 9.17) is 33.0 Å². The van der Waals surface area contributed by atoms with E-state index in [1.807, 2.05) is 66.7 Å². The molecule has 322 valence electrons. The van der Waals surface area contributed by atoms with Crippen LogP contribution in [-0.4, -0.2) is 83.5 Å². The third-order valence-corrected chi connectivity index (χ3v) is 12.8. The second kappa shape index (κ2) is 20.4. The summed E-state index contributed by atoms with van der Waals surface area (Å²) in [6.45, 7) is 15.0. The average molecular weight is 842 g/mol. The fourth-order valence-corrected chi connectivity index (χ4v) is 9.37. The molecule has 0 bridgehead atoms. The van der Waals surface area contributed by atoms with Gasteiger partial charge in [0.2, 0.25) is 5.91 Å². The molecule has 1 N–H and O–H groups in total. The first-order valence-electron chi connectivity index (χ1n) is 20.9. The molecule has 0 saturated carbocycles. The number of unbranched alkanes of at least 4 members (excludes halogenated alkanes) is 1. The first-order valence-corrected chi connectivity index (χ1v) is 22.0. The highest BCUT2D eigenvalue weighted by Crippen LogP contribution is 2.51. The van der Waals surface area contributed by atoms with Crippen LogP contribution in [0.4, 0.5) is 5.82 Å². The van der Waals surface area contributed by atoms with Crippen LogP contribution < -0.4 is 14.8 Å². The van der Waals surface area contributed by atoms with Crippen molar-refractivity contribution in [2.45, 2.75) is 110 Å². The summed E-state index contributed by atoms with van der Waals surface area (Å²) < 4.78 is 43.3. The standard InChI is InChI=1S/C46H60N5O8P/c1-10-11-25-57-60(51(31(4)5)32(6)7)59-39-27-42(50-29-47-43-38(52)26-41(48-44(43)50)49-45(53)30(2)3)58-40(39)28-56-46(33-15-13-12-14-16-33,34-17-21-36(54-8)22-18-34)35-19-23-37(55-9)24-20-35/h12-24,29-32,39-40,42H,10-11,25-28H2,1-9H3,(H,48,49,53). The number of aromatic nitrogens is 2. The van der Waals surface area contributed by atoms with Crippen LogP contribution in [0.25, 0.3) is 0 Å². The molecule has 60 heavy (non-hydrogen) atoms. The molecular weight excluding hydrogens is 782 g/mol. The van der Waals surface area contributed by atoms with Crippen molar-refractivity contribution >= 4 is 31.9 Å². The van der Waals surface area contributed by atoms with E-state index in [9.17, 15) is 9.59 Å². The lowest BCUT2D eigenvalue weighted by atomic mass is 9.80. The molecule has 4 atom stereocenters. The minimum atomic E-state index is -1.53. The van der Waals surface area contributed by atoms with Gasteiger partial charge in [0, 0.05) is 24.4 Å². The number of aliphatic imine (C=N–C) groups is 1. The Morgan fingerprint density at radius 2 is 1.52 bits per heavy atom. The maximum Gasteiger partial charge on any atom is 0.259 e. The summed E-state index contributed by atoms with van der Waals surface area (Å²) in [6.07, 6.45) is 2.05. The van der Waals surface area contributed by atoms with Gasteiger partial charge in [0.25, 0.3) is 8.53 Å². The number of nitrogens with one attached hydrogen (secondary N) is 1. The van der Waals surface area contributed by atoms with Gasteiger partial charge in [-0.3, -0.25) is 14.2 Å². The monoisotopic (exact) mass is 841 g/mol. The van der Waals surface area contributed by atoms with E-state index in [0.29, 0.717) is 18.8 Å². The third-order valence-electron chi connectivity index (χ3n) is 10.7. The Balaban J connectivity index is 1.43. The Labute approximate surface area is 355 Å². The summed E-state index contributed by atoms with van der Waals surface area (Å²) in [6, 6.07) is 26.2. The first-order chi connectivity index (χ1) is 28.9. The molecule has 4 aromatic rings. The normalized spacial score (nSPS) is 18.6. The van der Waals surface area contributed by atoms with Crippen molar-refractivity contribution in [3.63, 3.8) is 0 Å². The molecule has 13 nitrogen and oxygen atoms in total. The average Bonchev–Trinajstić information content (AvgIpc) is 3.85. The van der Waals surface area contributed by atoms with E-state index in [2.05, 4.69) is 61.7 Å². The lowest BCUT2D eigenvalue weighted by Gasteiger charge is -2.39. The molecule has 0 aliphatic carbocycles. The minimum Gasteiger partial charge on any atom is -0.497 e. The van der Waals surface area contributed by atoms with E-state index in [1.165, 1.54) is 0 Å². The van der Waals surface area contributed by atoms with E-state index >= 15 is 0 Å². The molecule has 1 amide bonds. The lowest BCUT2D eigenvalue weighted by Crippen LogP contribution is -2.39. The van der Waals surface area contributed by atoms with Crippen molar-refractivity contribution < 1.29 is 37.6 Å². The van der Waals surface area contributed by atoms with Gasteiger partial charge in [-0.25, -0.2) is 14.6 Å². The number of benzene rings is 3. The van der Waals surface area contributed by atoms with Gasteiger partial charge in [0.15, 0.2) is 17.3 Å². The van der Waals surface area contributed by atoms with Crippen LogP contribution in [0.2, 0.25) is 0 Å². The maximum atomic E-state index is 13.3. The van der Waals surface area contributed by atoms with Crippen LogP contribution >= 0.6 is 8.53 Å². The highest BCUT2D eigenvalue weighted by atomic mass is 31.2. The summed E-state index contributed by atoms with van der Waals surface area (Å²) >= 11 is 0. The van der Waals surface area contributed by atoms with Crippen LogP contribution in [0, 0.1) is 5.92 Å². The Morgan fingerprint density at radius 3 is 2.07 bits per heavy atom. The molecule has 14 heteroatoms. The zero-order chi connectivity index (χ0) is 43.0. The van der Waals surface area contributed by atoms with Gasteiger partial charge < -0.3 is 33.3 Å². The number of rotatable bonds is 19. The number of Topliss-reactive ketones (excluding diaryl/α,β-unsaturated/α-hetero) is 1. The van der Waals surface area contributed by atoms with Crippen LogP contribution in [-0.2, 0) is 28.9 Å². The number of methoxy groups -OCH3 is 2. The molecule has 1 saturated heterocycles. The zero-order valence-corrected chi connectivity index (χ0v) is 37.2. The van der Waals surface area contributed by atoms with Gasteiger partial charge in [-0.05, 0) is 75.1 Å². The second-order valence-electron chi connectivity index (χ2n) is 15.9. The number of hydrogen-bond donors (Lipinski definition) is 1. The SMILES string of the molecule is CCCCOP(OC1CC(n2cnc3c2N=C(NC(=O)C(C)C)CC3=O)OC1COC(c1ccccc1)(c1ccc(OC)cc1)c1ccc(OC)cc1)N(C(C)C)C(C)C. The number of fused-ring (bicyclic) bond motifs is 1. The van der Waals surface area contributed by atoms with E-state index in [-0.39, 0.29) is 54.2 Å². The molecule has 1 fully saturated rings. The Morgan fingerprint density at radius 1 is 0.917 bits per heavy atom. The number of nitrogens with zero attached hydrogens (tertiary/aromatic N) is 4. The molecule has 2 aliphatic rings. The number of hydrogen-bond acceptors (Lipinski definition) is 11. The quantitative estimate of drug-likeness (QED) is 0.0554. The maximum absolute atomic E-state index is 13.3. The summed E-state index contributed by atoms with van der Waals surface area (Å²) in [7, 11) is 1.76. The minimum absolute atomic E-state index is 0.0475. The number of ether oxygens (including phenoxy) is 4. The van der Waals surface area contributed by atoms with E-state index in [1.54, 1.807) is 39.0 Å². The molecule has 2 aliphatic heterocycles. The first kappa shape index (κ1) is 45.0. The number of carbonyl (C=O) groups excluding carboxylic acids is 2. The number of amidine groups is 1. The van der Waals surface area contributed by atoms with Gasteiger partial charge in [-0.1, -0.05) is 81.8 Å². The van der Waals surface area contributed by atoms with Crippen molar-refractivity contribution in [3.8, 4) is 11.5 Å². The Kier molecular flexibility index (Phi) is 15.3. The largest absolute Gasteiger partial charge is 0.497 e. The fraction of sp³-hybridized carbons (Fsp3) is 0.478. The van der Waals surface area contributed by atoms with Gasteiger partial charge in [-0.15, -0.1) is 0 Å². The fourth-order valence-electron chi connectivity index (χ4n) is 7.58. The predicted octanol–water partition coefficient (Wildman–Crippen LogP) is 9.13. The van der Waals surface area contributed by atoms with E-state index in [0.717, 1.165) is 41.0 Å². The highest BCUT2D eigenvalue weighted by Gasteiger charge is 2.46. The van der Waals surface area contributed by atoms with Crippen LogP contribution in [0.1, 0.15) is 108 Å². The number of carbonyl (C=O) groups is 2. The van der Waals surface area contributed by atoms with Crippen molar-refractivity contribution in [2.75, 3.05) is 27.4 Å². The van der Waals surface area contributed by atoms with Crippen molar-refractivity contribution in [2.24, 2.45) is 10.9 Å². The summed E-state index contributed by atoms with van der Waals surface area (Å²) in [5, 5.41) is 2.83. The van der Waals surface area contributed by atoms with Crippen molar-refractivity contribution in [1.29, 1.82) is 0 Å². The Hall–Kier alpha value is -4.49. The summed E-state index contributed by atoms with van der Waals surface area (Å²) in [4.78, 5) is 35.3. The highest BCUT2D eigenvalue weighted by molar-refractivity contribution is 7.44. The zero-order valence-electron chi connectivity index (χ0n) is 36.3. The molecule has 4 unspecified atom stereocenters. The molecule has 3 heterocycles. The van der Waals surface area contributed by atoms with Crippen LogP contribution in [0.5, 0.6) is 11.5 Å². The predicted molar refractivity (Wildman–Crippen MR) is 233 cm³/mol. The third kappa shape index (κ3) is 9.99. The van der Waals surface area contributed by atoms with Crippen LogP contribution in [0.3, 0.4) is 0 Å². The molecule has 0 spiro atoms. The lowest BCUT2D eigenvalue weighted by molar-refractivity contribution is -0.122. The van der Waals surface area contributed by atoms with Gasteiger partial charge in [0.1, 0.15) is 35.3 Å². The summed E-state index contributed by atoms with van der Waals surface area (Å²) in [5.41, 5.74) is 1.81. The van der Waals surface area contributed by atoms with Crippen LogP contribution in [0.15, 0.2) is 90.2 Å².